The van der Waals surface area contributed by atoms with Crippen LogP contribution in [0.4, 0.5) is 13.2 Å². The van der Waals surface area contributed by atoms with Gasteiger partial charge >= 0.3 is 6.18 Å². The number of nitrogens with zero attached hydrogens (tertiary/aromatic N) is 1. The Morgan fingerprint density at radius 3 is 2.65 bits per heavy atom. The zero-order valence-corrected chi connectivity index (χ0v) is 15.1. The summed E-state index contributed by atoms with van der Waals surface area (Å²) in [7, 11) is -3.39. The summed E-state index contributed by atoms with van der Waals surface area (Å²) in [4.78, 5) is 13.9. The van der Waals surface area contributed by atoms with E-state index in [1.165, 1.54) is 17.0 Å². The lowest BCUT2D eigenvalue weighted by Gasteiger charge is -2.35. The maximum absolute atomic E-state index is 13.0. The molecular weight excluding hydrogens is 373 g/mol. The highest BCUT2D eigenvalue weighted by molar-refractivity contribution is 7.88. The molecule has 1 aliphatic heterocycles. The molecule has 1 amide bonds. The first kappa shape index (κ1) is 20.5. The Balaban J connectivity index is 2.02. The zero-order valence-electron chi connectivity index (χ0n) is 14.3. The number of carbonyl (C=O) groups is 1. The van der Waals surface area contributed by atoms with E-state index in [0.29, 0.717) is 13.0 Å². The molecule has 1 aromatic rings. The molecule has 26 heavy (non-hydrogen) atoms. The Morgan fingerprint density at radius 1 is 1.31 bits per heavy atom. The van der Waals surface area contributed by atoms with Gasteiger partial charge in [-0.1, -0.05) is 12.1 Å². The van der Waals surface area contributed by atoms with E-state index in [2.05, 4.69) is 4.72 Å². The van der Waals surface area contributed by atoms with E-state index in [0.717, 1.165) is 31.2 Å². The van der Waals surface area contributed by atoms with Crippen LogP contribution in [-0.2, 0) is 21.0 Å². The molecule has 1 aliphatic rings. The molecule has 1 aromatic carbocycles. The maximum Gasteiger partial charge on any atom is 0.419 e. The van der Waals surface area contributed by atoms with E-state index in [-0.39, 0.29) is 12.6 Å². The van der Waals surface area contributed by atoms with Gasteiger partial charge in [-0.2, -0.15) is 13.2 Å². The number of nitrogens with one attached hydrogen (secondary N) is 1. The van der Waals surface area contributed by atoms with Gasteiger partial charge in [-0.3, -0.25) is 4.79 Å². The van der Waals surface area contributed by atoms with E-state index >= 15 is 0 Å². The predicted molar refractivity (Wildman–Crippen MR) is 89.1 cm³/mol. The summed E-state index contributed by atoms with van der Waals surface area (Å²) < 4.78 is 68.9. The lowest BCUT2D eigenvalue weighted by molar-refractivity contribution is -0.142. The van der Waals surface area contributed by atoms with Crippen molar-refractivity contribution in [2.45, 2.75) is 31.5 Å². The third kappa shape index (κ3) is 5.87. The van der Waals surface area contributed by atoms with Crippen molar-refractivity contribution in [3.63, 3.8) is 0 Å². The number of para-hydroxylation sites is 1. The van der Waals surface area contributed by atoms with Crippen LogP contribution in [0.15, 0.2) is 24.3 Å². The monoisotopic (exact) mass is 394 g/mol. The number of carbonyl (C=O) groups excluding carboxylic acids is 1. The number of halogens is 3. The summed E-state index contributed by atoms with van der Waals surface area (Å²) in [6.45, 7) is -0.0502. The van der Waals surface area contributed by atoms with Crippen LogP contribution in [0.3, 0.4) is 0 Å². The lowest BCUT2D eigenvalue weighted by Crippen LogP contribution is -2.50. The van der Waals surface area contributed by atoms with Gasteiger partial charge in [-0.25, -0.2) is 13.1 Å². The van der Waals surface area contributed by atoms with Gasteiger partial charge in [0.05, 0.1) is 11.8 Å². The first-order chi connectivity index (χ1) is 12.1. The lowest BCUT2D eigenvalue weighted by atomic mass is 10.0. The SMILES string of the molecule is CS(=O)(=O)NCC1CCCCN1C(=O)COc1ccccc1C(F)(F)F. The summed E-state index contributed by atoms with van der Waals surface area (Å²) in [6.07, 6.45) is -1.34. The third-order valence-corrected chi connectivity index (χ3v) is 4.76. The smallest absolute Gasteiger partial charge is 0.419 e. The molecule has 1 unspecified atom stereocenters. The number of benzene rings is 1. The Kier molecular flexibility index (Phi) is 6.51. The van der Waals surface area contributed by atoms with Crippen molar-refractivity contribution >= 4 is 15.9 Å². The molecule has 0 radical (unpaired) electrons. The second kappa shape index (κ2) is 8.26. The number of hydrogen-bond donors (Lipinski definition) is 1. The normalized spacial score (nSPS) is 18.6. The van der Waals surface area contributed by atoms with Gasteiger partial charge in [0.25, 0.3) is 5.91 Å². The van der Waals surface area contributed by atoms with Crippen LogP contribution in [0.25, 0.3) is 0 Å². The standard InChI is InChI=1S/C16H21F3N2O4S/c1-26(23,24)20-10-12-6-4-5-9-21(12)15(22)11-25-14-8-3-2-7-13(14)16(17,18)19/h2-3,7-8,12,20H,4-6,9-11H2,1H3. The minimum Gasteiger partial charge on any atom is -0.483 e. The number of amides is 1. The molecule has 1 N–H and O–H groups in total. The van der Waals surface area contributed by atoms with Crippen LogP contribution in [0, 0.1) is 0 Å². The molecule has 0 saturated carbocycles. The van der Waals surface area contributed by atoms with Crippen LogP contribution in [-0.4, -0.2) is 51.2 Å². The Labute approximate surface area is 150 Å². The number of likely N-dealkylation sites (tertiary alicyclic amines) is 1. The minimum absolute atomic E-state index is 0.0731. The molecule has 6 nitrogen and oxygen atoms in total. The molecule has 146 valence electrons. The zero-order chi connectivity index (χ0) is 19.4. The van der Waals surface area contributed by atoms with Gasteiger partial charge < -0.3 is 9.64 Å². The third-order valence-electron chi connectivity index (χ3n) is 4.07. The van der Waals surface area contributed by atoms with E-state index in [1.54, 1.807) is 0 Å². The van der Waals surface area contributed by atoms with E-state index in [1.807, 2.05) is 0 Å². The van der Waals surface area contributed by atoms with Gasteiger partial charge in [0, 0.05) is 19.1 Å². The highest BCUT2D eigenvalue weighted by atomic mass is 32.2. The Morgan fingerprint density at radius 2 is 2.00 bits per heavy atom. The highest BCUT2D eigenvalue weighted by Crippen LogP contribution is 2.35. The molecule has 10 heteroatoms. The quantitative estimate of drug-likeness (QED) is 0.801. The summed E-state index contributed by atoms with van der Waals surface area (Å²) in [6, 6.07) is 4.35. The molecule has 2 rings (SSSR count). The van der Waals surface area contributed by atoms with Crippen LogP contribution in [0.2, 0.25) is 0 Å². The summed E-state index contributed by atoms with van der Waals surface area (Å²) in [5, 5.41) is 0. The second-order valence-corrected chi connectivity index (χ2v) is 7.97. The second-order valence-electron chi connectivity index (χ2n) is 6.14. The topological polar surface area (TPSA) is 75.7 Å². The van der Waals surface area contributed by atoms with Crippen LogP contribution < -0.4 is 9.46 Å². The van der Waals surface area contributed by atoms with E-state index in [9.17, 15) is 26.4 Å². The number of rotatable bonds is 6. The van der Waals surface area contributed by atoms with Crippen molar-refractivity contribution in [3.8, 4) is 5.75 Å². The van der Waals surface area contributed by atoms with Crippen molar-refractivity contribution in [1.29, 1.82) is 0 Å². The van der Waals surface area contributed by atoms with Crippen LogP contribution >= 0.6 is 0 Å². The van der Waals surface area contributed by atoms with E-state index < -0.39 is 40.0 Å². The number of sulfonamides is 1. The minimum atomic E-state index is -4.58. The fourth-order valence-electron chi connectivity index (χ4n) is 2.84. The van der Waals surface area contributed by atoms with Crippen molar-refractivity contribution < 1.29 is 31.1 Å². The van der Waals surface area contributed by atoms with Gasteiger partial charge in [0.1, 0.15) is 5.75 Å². The van der Waals surface area contributed by atoms with Gasteiger partial charge in [-0.15, -0.1) is 0 Å². The van der Waals surface area contributed by atoms with Crippen molar-refractivity contribution in [2.75, 3.05) is 26.0 Å². The van der Waals surface area contributed by atoms with Gasteiger partial charge in [0.2, 0.25) is 10.0 Å². The summed E-state index contributed by atoms with van der Waals surface area (Å²) >= 11 is 0. The Hall–Kier alpha value is -1.81. The fourth-order valence-corrected chi connectivity index (χ4v) is 3.33. The molecule has 0 aromatic heterocycles. The first-order valence-electron chi connectivity index (χ1n) is 8.11. The molecule has 0 aliphatic carbocycles. The fraction of sp³-hybridized carbons (Fsp3) is 0.562. The molecule has 1 fully saturated rings. The average molecular weight is 394 g/mol. The molecule has 0 bridgehead atoms. The summed E-state index contributed by atoms with van der Waals surface area (Å²) in [5.74, 6) is -0.877. The first-order valence-corrected chi connectivity index (χ1v) is 10.00. The number of piperidine rings is 1. The largest absolute Gasteiger partial charge is 0.483 e. The molecule has 1 atom stereocenters. The van der Waals surface area contributed by atoms with Gasteiger partial charge in [-0.05, 0) is 31.4 Å². The predicted octanol–water partition coefficient (Wildman–Crippen LogP) is 2.01. The molecule has 0 spiro atoms. The van der Waals surface area contributed by atoms with Crippen molar-refractivity contribution in [2.24, 2.45) is 0 Å². The Bertz CT molecular complexity index is 737. The van der Waals surface area contributed by atoms with Gasteiger partial charge in [0.15, 0.2) is 6.61 Å². The number of alkyl halides is 3. The number of hydrogen-bond acceptors (Lipinski definition) is 4. The van der Waals surface area contributed by atoms with Crippen molar-refractivity contribution in [1.82, 2.24) is 9.62 Å². The summed E-state index contributed by atoms with van der Waals surface area (Å²) in [5.41, 5.74) is -0.943. The van der Waals surface area contributed by atoms with Crippen molar-refractivity contribution in [3.05, 3.63) is 29.8 Å². The molecular formula is C16H21F3N2O4S. The number of ether oxygens (including phenoxy) is 1. The highest BCUT2D eigenvalue weighted by Gasteiger charge is 2.34. The average Bonchev–Trinajstić information content (AvgIpc) is 2.57. The van der Waals surface area contributed by atoms with Crippen LogP contribution in [0.5, 0.6) is 5.75 Å². The molecule has 1 heterocycles. The molecule has 1 saturated heterocycles. The van der Waals surface area contributed by atoms with E-state index in [4.69, 9.17) is 4.74 Å². The maximum atomic E-state index is 13.0. The van der Waals surface area contributed by atoms with Crippen LogP contribution in [0.1, 0.15) is 24.8 Å².